The fourth-order valence-electron chi connectivity index (χ4n) is 4.30. The van der Waals surface area contributed by atoms with E-state index in [4.69, 9.17) is 4.52 Å². The lowest BCUT2D eigenvalue weighted by atomic mass is 9.76. The molecule has 0 radical (unpaired) electrons. The van der Waals surface area contributed by atoms with Gasteiger partial charge in [-0.05, 0) is 56.8 Å². The smallest absolute Gasteiger partial charge is 0.231 e. The lowest BCUT2D eigenvalue weighted by molar-refractivity contribution is 0.120. The van der Waals surface area contributed by atoms with E-state index in [-0.39, 0.29) is 11.7 Å². The van der Waals surface area contributed by atoms with Gasteiger partial charge in [0.25, 0.3) is 0 Å². The van der Waals surface area contributed by atoms with Crippen molar-refractivity contribution >= 4 is 0 Å². The first-order chi connectivity index (χ1) is 10.6. The van der Waals surface area contributed by atoms with E-state index in [1.165, 1.54) is 12.0 Å². The molecular weight excluding hydrogens is 281 g/mol. The Bertz CT molecular complexity index is 669. The Hall–Kier alpha value is -1.75. The normalized spacial score (nSPS) is 31.6. The number of hydrogen-bond donors (Lipinski definition) is 0. The minimum atomic E-state index is -0.190. The molecule has 22 heavy (non-hydrogen) atoms. The third kappa shape index (κ3) is 2.15. The first-order valence-corrected chi connectivity index (χ1v) is 7.91. The van der Waals surface area contributed by atoms with Crippen molar-refractivity contribution in [1.29, 1.82) is 0 Å². The van der Waals surface area contributed by atoms with Gasteiger partial charge in [-0.1, -0.05) is 17.3 Å². The number of rotatable bonds is 2. The number of likely N-dealkylation sites (N-methyl/N-ethyl adjacent to an activating group) is 1. The van der Waals surface area contributed by atoms with Crippen LogP contribution in [0, 0.1) is 12.7 Å². The van der Waals surface area contributed by atoms with Gasteiger partial charge < -0.3 is 4.52 Å². The van der Waals surface area contributed by atoms with Crippen LogP contribution in [-0.4, -0.2) is 34.2 Å². The van der Waals surface area contributed by atoms with Crippen LogP contribution in [0.5, 0.6) is 0 Å². The molecule has 2 aliphatic rings. The van der Waals surface area contributed by atoms with Crippen LogP contribution in [0.3, 0.4) is 0 Å². The van der Waals surface area contributed by atoms with Crippen molar-refractivity contribution in [2.45, 2.75) is 50.1 Å². The standard InChI is InChI=1S/C17H20FN3O/c1-10-19-17(22-20-10)16-14(11-3-5-12(18)6-4-11)9-13-7-8-15(16)21(13)2/h3-6,13-16H,7-9H2,1-2H3/t13-,14+,15+,16+/m0/s1. The van der Waals surface area contributed by atoms with E-state index in [2.05, 4.69) is 22.1 Å². The Morgan fingerprint density at radius 2 is 2.00 bits per heavy atom. The summed E-state index contributed by atoms with van der Waals surface area (Å²) in [5.41, 5.74) is 1.17. The molecule has 0 spiro atoms. The maximum absolute atomic E-state index is 13.3. The molecule has 2 aromatic rings. The maximum atomic E-state index is 13.3. The number of hydrogen-bond acceptors (Lipinski definition) is 4. The van der Waals surface area contributed by atoms with Crippen molar-refractivity contribution < 1.29 is 8.91 Å². The van der Waals surface area contributed by atoms with Crippen LogP contribution in [0.4, 0.5) is 4.39 Å². The number of benzene rings is 1. The topological polar surface area (TPSA) is 42.2 Å². The molecule has 4 rings (SSSR count). The summed E-state index contributed by atoms with van der Waals surface area (Å²) < 4.78 is 18.8. The largest absolute Gasteiger partial charge is 0.339 e. The zero-order valence-electron chi connectivity index (χ0n) is 12.9. The lowest BCUT2D eigenvalue weighted by Crippen LogP contribution is -2.44. The molecule has 0 saturated carbocycles. The minimum Gasteiger partial charge on any atom is -0.339 e. The van der Waals surface area contributed by atoms with Crippen molar-refractivity contribution in [3.8, 4) is 0 Å². The molecule has 2 bridgehead atoms. The third-order valence-corrected chi connectivity index (χ3v) is 5.40. The first kappa shape index (κ1) is 13.9. The van der Waals surface area contributed by atoms with Gasteiger partial charge in [0, 0.05) is 12.1 Å². The second-order valence-electron chi connectivity index (χ2n) is 6.56. The predicted octanol–water partition coefficient (Wildman–Crippen LogP) is 3.25. The molecule has 4 atom stereocenters. The molecule has 3 heterocycles. The molecule has 0 unspecified atom stereocenters. The second-order valence-corrected chi connectivity index (χ2v) is 6.56. The highest BCUT2D eigenvalue weighted by atomic mass is 19.1. The van der Waals surface area contributed by atoms with Gasteiger partial charge in [0.05, 0.1) is 5.92 Å². The highest BCUT2D eigenvalue weighted by molar-refractivity contribution is 5.27. The average Bonchev–Trinajstić information content (AvgIpc) is 3.02. The van der Waals surface area contributed by atoms with Crippen LogP contribution in [0.2, 0.25) is 0 Å². The number of aryl methyl sites for hydroxylation is 1. The fourth-order valence-corrected chi connectivity index (χ4v) is 4.30. The first-order valence-electron chi connectivity index (χ1n) is 7.91. The highest BCUT2D eigenvalue weighted by Crippen LogP contribution is 2.50. The Morgan fingerprint density at radius 3 is 2.68 bits per heavy atom. The third-order valence-electron chi connectivity index (χ3n) is 5.40. The van der Waals surface area contributed by atoms with Crippen LogP contribution in [-0.2, 0) is 0 Å². The van der Waals surface area contributed by atoms with Gasteiger partial charge in [0.1, 0.15) is 5.82 Å². The highest BCUT2D eigenvalue weighted by Gasteiger charge is 2.48. The van der Waals surface area contributed by atoms with E-state index >= 15 is 0 Å². The van der Waals surface area contributed by atoms with Crippen LogP contribution < -0.4 is 0 Å². The van der Waals surface area contributed by atoms with E-state index in [0.29, 0.717) is 23.8 Å². The van der Waals surface area contributed by atoms with Gasteiger partial charge in [-0.3, -0.25) is 4.90 Å². The van der Waals surface area contributed by atoms with E-state index in [1.807, 2.05) is 19.1 Å². The second kappa shape index (κ2) is 5.16. The molecule has 4 nitrogen and oxygen atoms in total. The van der Waals surface area contributed by atoms with Gasteiger partial charge >= 0.3 is 0 Å². The SMILES string of the molecule is Cc1noc([C@@H]2[C@@H](c3ccc(F)cc3)C[C@@H]3CC[C@H]2N3C)n1. The van der Waals surface area contributed by atoms with Gasteiger partial charge in [-0.25, -0.2) is 4.39 Å². The van der Waals surface area contributed by atoms with Crippen molar-refractivity contribution in [2.75, 3.05) is 7.05 Å². The van der Waals surface area contributed by atoms with Crippen LogP contribution in [0.1, 0.15) is 48.4 Å². The number of aromatic nitrogens is 2. The molecule has 2 saturated heterocycles. The number of halogens is 1. The molecular formula is C17H20FN3O. The van der Waals surface area contributed by atoms with Crippen LogP contribution >= 0.6 is 0 Å². The van der Waals surface area contributed by atoms with Gasteiger partial charge in [-0.15, -0.1) is 0 Å². The summed E-state index contributed by atoms with van der Waals surface area (Å²) in [4.78, 5) is 6.96. The molecule has 0 aliphatic carbocycles. The van der Waals surface area contributed by atoms with E-state index < -0.39 is 0 Å². The Balaban J connectivity index is 1.76. The van der Waals surface area contributed by atoms with Crippen molar-refractivity contribution in [2.24, 2.45) is 0 Å². The van der Waals surface area contributed by atoms with E-state index in [1.54, 1.807) is 12.1 Å². The molecule has 1 aromatic heterocycles. The summed E-state index contributed by atoms with van der Waals surface area (Å²) in [5, 5.41) is 3.98. The van der Waals surface area contributed by atoms with Crippen LogP contribution in [0.25, 0.3) is 0 Å². The summed E-state index contributed by atoms with van der Waals surface area (Å²) in [6, 6.07) is 7.92. The maximum Gasteiger partial charge on any atom is 0.231 e. The zero-order chi connectivity index (χ0) is 15.3. The predicted molar refractivity (Wildman–Crippen MR) is 80.1 cm³/mol. The van der Waals surface area contributed by atoms with Gasteiger partial charge in [0.2, 0.25) is 5.89 Å². The van der Waals surface area contributed by atoms with Crippen molar-refractivity contribution in [3.05, 3.63) is 47.4 Å². The average molecular weight is 301 g/mol. The summed E-state index contributed by atoms with van der Waals surface area (Å²) in [6.45, 7) is 1.85. The Kier molecular flexibility index (Phi) is 3.26. The van der Waals surface area contributed by atoms with Crippen molar-refractivity contribution in [3.63, 3.8) is 0 Å². The summed E-state index contributed by atoms with van der Waals surface area (Å²) in [6.07, 6.45) is 3.43. The van der Waals surface area contributed by atoms with Crippen molar-refractivity contribution in [1.82, 2.24) is 15.0 Å². The Labute approximate surface area is 129 Å². The summed E-state index contributed by atoms with van der Waals surface area (Å²) in [7, 11) is 2.19. The zero-order valence-corrected chi connectivity index (χ0v) is 12.9. The number of fused-ring (bicyclic) bond motifs is 2. The van der Waals surface area contributed by atoms with Gasteiger partial charge in [-0.2, -0.15) is 4.98 Å². The molecule has 2 fully saturated rings. The Morgan fingerprint density at radius 1 is 1.23 bits per heavy atom. The number of nitrogens with zero attached hydrogens (tertiary/aromatic N) is 3. The molecule has 1 aromatic carbocycles. The van der Waals surface area contributed by atoms with E-state index in [9.17, 15) is 4.39 Å². The van der Waals surface area contributed by atoms with E-state index in [0.717, 1.165) is 18.7 Å². The summed E-state index contributed by atoms with van der Waals surface area (Å²) >= 11 is 0. The monoisotopic (exact) mass is 301 g/mol. The quantitative estimate of drug-likeness (QED) is 0.854. The molecule has 2 aliphatic heterocycles. The van der Waals surface area contributed by atoms with Crippen LogP contribution in [0.15, 0.2) is 28.8 Å². The molecule has 5 heteroatoms. The van der Waals surface area contributed by atoms with Gasteiger partial charge in [0.15, 0.2) is 5.82 Å². The lowest BCUT2D eigenvalue weighted by Gasteiger charge is -2.41. The summed E-state index contributed by atoms with van der Waals surface area (Å²) in [5.74, 6) is 1.72. The molecule has 0 amide bonds. The molecule has 116 valence electrons. The molecule has 0 N–H and O–H groups in total. The number of piperidine rings is 1. The minimum absolute atomic E-state index is 0.190. The fraction of sp³-hybridized carbons (Fsp3) is 0.529.